The summed E-state index contributed by atoms with van der Waals surface area (Å²) in [4.78, 5) is 12.8. The van der Waals surface area contributed by atoms with Crippen molar-refractivity contribution in [3.63, 3.8) is 0 Å². The van der Waals surface area contributed by atoms with Crippen LogP contribution in [0.25, 0.3) is 0 Å². The van der Waals surface area contributed by atoms with E-state index >= 15 is 0 Å². The number of urea groups is 1. The summed E-state index contributed by atoms with van der Waals surface area (Å²) in [6.45, 7) is 0.822. The van der Waals surface area contributed by atoms with Crippen LogP contribution in [0, 0.1) is 0 Å². The van der Waals surface area contributed by atoms with Gasteiger partial charge in [0.2, 0.25) is 0 Å². The summed E-state index contributed by atoms with van der Waals surface area (Å²) in [5.41, 5.74) is 0.837. The third-order valence-electron chi connectivity index (χ3n) is 2.62. The number of aliphatic hydroxyl groups is 1. The predicted octanol–water partition coefficient (Wildman–Crippen LogP) is 2.38. The number of thiophene rings is 2. The van der Waals surface area contributed by atoms with Gasteiger partial charge in [0, 0.05) is 18.0 Å². The monoisotopic (exact) mass is 296 g/mol. The molecule has 1 atom stereocenters. The Balaban J connectivity index is 1.62. The van der Waals surface area contributed by atoms with E-state index in [9.17, 15) is 9.90 Å². The van der Waals surface area contributed by atoms with Gasteiger partial charge in [-0.3, -0.25) is 0 Å². The van der Waals surface area contributed by atoms with Gasteiger partial charge < -0.3 is 15.7 Å². The summed E-state index contributed by atoms with van der Waals surface area (Å²) in [7, 11) is 0. The first kappa shape index (κ1) is 14.0. The Kier molecular flexibility index (Phi) is 5.38. The lowest BCUT2D eigenvalue weighted by atomic mass is 10.2. The topological polar surface area (TPSA) is 61.4 Å². The quantitative estimate of drug-likeness (QED) is 0.766. The van der Waals surface area contributed by atoms with Gasteiger partial charge in [-0.1, -0.05) is 6.07 Å². The molecule has 0 saturated carbocycles. The van der Waals surface area contributed by atoms with E-state index in [1.54, 1.807) is 11.3 Å². The zero-order valence-corrected chi connectivity index (χ0v) is 12.0. The molecule has 2 aromatic heterocycles. The van der Waals surface area contributed by atoms with Gasteiger partial charge in [-0.05, 0) is 40.3 Å². The fourth-order valence-corrected chi connectivity index (χ4v) is 3.00. The second kappa shape index (κ2) is 7.28. The molecule has 0 spiro atoms. The molecule has 0 fully saturated rings. The summed E-state index contributed by atoms with van der Waals surface area (Å²) in [5, 5.41) is 21.0. The first-order chi connectivity index (χ1) is 9.25. The molecule has 0 bridgehead atoms. The van der Waals surface area contributed by atoms with Gasteiger partial charge in [0.15, 0.2) is 0 Å². The summed E-state index contributed by atoms with van der Waals surface area (Å²) < 4.78 is 0. The fraction of sp³-hybridized carbons (Fsp3) is 0.308. The Labute approximate surface area is 120 Å². The van der Waals surface area contributed by atoms with Crippen LogP contribution in [0.1, 0.15) is 16.5 Å². The molecule has 0 aliphatic heterocycles. The molecule has 2 amide bonds. The van der Waals surface area contributed by atoms with Crippen LogP contribution in [-0.2, 0) is 6.42 Å². The molecule has 2 heterocycles. The van der Waals surface area contributed by atoms with Crippen LogP contribution in [0.4, 0.5) is 4.79 Å². The fourth-order valence-electron chi connectivity index (χ4n) is 1.59. The molecular formula is C13H16N2O2S2. The maximum absolute atomic E-state index is 11.5. The van der Waals surface area contributed by atoms with Gasteiger partial charge in [-0.15, -0.1) is 11.3 Å². The van der Waals surface area contributed by atoms with E-state index < -0.39 is 6.10 Å². The van der Waals surface area contributed by atoms with E-state index in [1.807, 2.05) is 34.3 Å². The van der Waals surface area contributed by atoms with Crippen LogP contribution in [0.2, 0.25) is 0 Å². The van der Waals surface area contributed by atoms with Crippen LogP contribution in [-0.4, -0.2) is 24.2 Å². The van der Waals surface area contributed by atoms with Gasteiger partial charge in [0.05, 0.1) is 6.10 Å². The minimum atomic E-state index is -0.644. The van der Waals surface area contributed by atoms with Crippen molar-refractivity contribution in [2.45, 2.75) is 12.5 Å². The molecule has 4 nitrogen and oxygen atoms in total. The van der Waals surface area contributed by atoms with Gasteiger partial charge in [-0.2, -0.15) is 11.3 Å². The number of carbonyl (C=O) groups is 1. The summed E-state index contributed by atoms with van der Waals surface area (Å²) >= 11 is 3.21. The molecule has 6 heteroatoms. The number of hydrogen-bond donors (Lipinski definition) is 3. The molecule has 0 saturated heterocycles. The zero-order valence-electron chi connectivity index (χ0n) is 10.3. The van der Waals surface area contributed by atoms with Crippen molar-refractivity contribution >= 4 is 28.7 Å². The number of carbonyl (C=O) groups excluding carboxylic acids is 1. The Bertz CT molecular complexity index is 483. The van der Waals surface area contributed by atoms with E-state index in [2.05, 4.69) is 10.6 Å². The highest BCUT2D eigenvalue weighted by molar-refractivity contribution is 7.09. The normalized spacial score (nSPS) is 12.1. The van der Waals surface area contributed by atoms with Crippen molar-refractivity contribution in [2.24, 2.45) is 0 Å². The average molecular weight is 296 g/mol. The van der Waals surface area contributed by atoms with Crippen molar-refractivity contribution < 1.29 is 9.90 Å². The number of aliphatic hydroxyl groups excluding tert-OH is 1. The third kappa shape index (κ3) is 4.66. The molecule has 0 aliphatic rings. The molecule has 3 N–H and O–H groups in total. The second-order valence-electron chi connectivity index (χ2n) is 4.04. The molecule has 1 unspecified atom stereocenters. The number of rotatable bonds is 6. The molecule has 2 aromatic rings. The van der Waals surface area contributed by atoms with E-state index in [4.69, 9.17) is 0 Å². The standard InChI is InChI=1S/C13H16N2O2S2/c16-12(10-4-7-18-9-10)8-15-13(17)14-5-3-11-2-1-6-19-11/h1-2,4,6-7,9,12,16H,3,5,8H2,(H2,14,15,17). The van der Waals surface area contributed by atoms with E-state index in [-0.39, 0.29) is 12.6 Å². The van der Waals surface area contributed by atoms with Gasteiger partial charge in [0.1, 0.15) is 0 Å². The van der Waals surface area contributed by atoms with Gasteiger partial charge in [0.25, 0.3) is 0 Å². The number of hydrogen-bond acceptors (Lipinski definition) is 4. The molecule has 0 radical (unpaired) electrons. The van der Waals surface area contributed by atoms with Crippen LogP contribution < -0.4 is 10.6 Å². The van der Waals surface area contributed by atoms with Crippen molar-refractivity contribution in [3.8, 4) is 0 Å². The zero-order chi connectivity index (χ0) is 13.5. The van der Waals surface area contributed by atoms with Gasteiger partial charge in [-0.25, -0.2) is 4.79 Å². The van der Waals surface area contributed by atoms with Crippen LogP contribution in [0.3, 0.4) is 0 Å². The Morgan fingerprint density at radius 3 is 2.89 bits per heavy atom. The molecule has 2 rings (SSSR count). The lowest BCUT2D eigenvalue weighted by molar-refractivity contribution is 0.173. The lowest BCUT2D eigenvalue weighted by Gasteiger charge is -2.11. The Hall–Kier alpha value is -1.37. The predicted molar refractivity (Wildman–Crippen MR) is 78.7 cm³/mol. The van der Waals surface area contributed by atoms with Crippen molar-refractivity contribution in [1.29, 1.82) is 0 Å². The SMILES string of the molecule is O=C(NCCc1cccs1)NCC(O)c1ccsc1. The summed E-state index contributed by atoms with van der Waals surface area (Å²) in [6, 6.07) is 5.65. The van der Waals surface area contributed by atoms with E-state index in [1.165, 1.54) is 16.2 Å². The molecule has 0 aliphatic carbocycles. The highest BCUT2D eigenvalue weighted by atomic mass is 32.1. The summed E-state index contributed by atoms with van der Waals surface area (Å²) in [5.74, 6) is 0. The van der Waals surface area contributed by atoms with Crippen molar-refractivity contribution in [1.82, 2.24) is 10.6 Å². The Morgan fingerprint density at radius 2 is 2.21 bits per heavy atom. The lowest BCUT2D eigenvalue weighted by Crippen LogP contribution is -2.38. The second-order valence-corrected chi connectivity index (χ2v) is 5.85. The van der Waals surface area contributed by atoms with E-state index in [0.717, 1.165) is 12.0 Å². The minimum Gasteiger partial charge on any atom is -0.387 e. The maximum Gasteiger partial charge on any atom is 0.314 e. The number of amides is 2. The summed E-state index contributed by atoms with van der Waals surface area (Å²) in [6.07, 6.45) is 0.187. The average Bonchev–Trinajstić information content (AvgIpc) is 3.08. The minimum absolute atomic E-state index is 0.224. The molecule has 102 valence electrons. The maximum atomic E-state index is 11.5. The van der Waals surface area contributed by atoms with Crippen molar-refractivity contribution in [2.75, 3.05) is 13.1 Å². The highest BCUT2D eigenvalue weighted by Gasteiger charge is 2.09. The largest absolute Gasteiger partial charge is 0.387 e. The van der Waals surface area contributed by atoms with Crippen LogP contribution in [0.15, 0.2) is 34.3 Å². The molecule has 0 aromatic carbocycles. The van der Waals surface area contributed by atoms with Crippen LogP contribution >= 0.6 is 22.7 Å². The highest BCUT2D eigenvalue weighted by Crippen LogP contribution is 2.14. The molecule has 19 heavy (non-hydrogen) atoms. The third-order valence-corrected chi connectivity index (χ3v) is 4.26. The first-order valence-electron chi connectivity index (χ1n) is 6.00. The number of nitrogens with one attached hydrogen (secondary N) is 2. The smallest absolute Gasteiger partial charge is 0.314 e. The van der Waals surface area contributed by atoms with Crippen LogP contribution in [0.5, 0.6) is 0 Å². The first-order valence-corrected chi connectivity index (χ1v) is 7.82. The Morgan fingerprint density at radius 1 is 1.32 bits per heavy atom. The van der Waals surface area contributed by atoms with Gasteiger partial charge >= 0.3 is 6.03 Å². The van der Waals surface area contributed by atoms with Crippen molar-refractivity contribution in [3.05, 3.63) is 44.8 Å². The molecular weight excluding hydrogens is 280 g/mol. The van der Waals surface area contributed by atoms with E-state index in [0.29, 0.717) is 6.54 Å².